The Balaban J connectivity index is 2.21. The molecule has 0 aliphatic heterocycles. The summed E-state index contributed by atoms with van der Waals surface area (Å²) in [5.41, 5.74) is 2.05. The second kappa shape index (κ2) is 7.56. The van der Waals surface area contributed by atoms with Crippen LogP contribution < -0.4 is 10.6 Å². The van der Waals surface area contributed by atoms with E-state index in [1.54, 1.807) is 14.2 Å². The minimum absolute atomic E-state index is 0.369. The summed E-state index contributed by atoms with van der Waals surface area (Å²) >= 11 is 0. The second-order valence-electron chi connectivity index (χ2n) is 4.50. The molecule has 0 saturated carbocycles. The number of nitrogens with zero attached hydrogens (tertiary/aromatic N) is 2. The highest BCUT2D eigenvalue weighted by molar-refractivity contribution is 5.59. The van der Waals surface area contributed by atoms with Crippen LogP contribution in [0.25, 0.3) is 0 Å². The van der Waals surface area contributed by atoms with Gasteiger partial charge in [-0.1, -0.05) is 12.1 Å². The van der Waals surface area contributed by atoms with Crippen LogP contribution in [0, 0.1) is 0 Å². The third-order valence-electron chi connectivity index (χ3n) is 2.81. The molecular weight excluding hydrogens is 268 g/mol. The summed E-state index contributed by atoms with van der Waals surface area (Å²) in [6, 6.07) is 9.86. The average molecular weight is 288 g/mol. The fraction of sp³-hybridized carbons (Fsp3) is 0.333. The SMILES string of the molecule is CNc1cc(Nc2cccc(COC)c2)nc(COC)n1. The van der Waals surface area contributed by atoms with Gasteiger partial charge in [-0.3, -0.25) is 0 Å². The molecule has 0 spiro atoms. The quantitative estimate of drug-likeness (QED) is 0.816. The minimum Gasteiger partial charge on any atom is -0.380 e. The van der Waals surface area contributed by atoms with Crippen LogP contribution in [0.3, 0.4) is 0 Å². The molecule has 0 atom stereocenters. The van der Waals surface area contributed by atoms with Crippen molar-refractivity contribution < 1.29 is 9.47 Å². The van der Waals surface area contributed by atoms with Crippen molar-refractivity contribution in [2.45, 2.75) is 13.2 Å². The maximum Gasteiger partial charge on any atom is 0.158 e. The number of benzene rings is 1. The molecule has 6 heteroatoms. The largest absolute Gasteiger partial charge is 0.380 e. The second-order valence-corrected chi connectivity index (χ2v) is 4.50. The van der Waals surface area contributed by atoms with Crippen LogP contribution in [0.15, 0.2) is 30.3 Å². The van der Waals surface area contributed by atoms with E-state index in [2.05, 4.69) is 20.6 Å². The summed E-state index contributed by atoms with van der Waals surface area (Å²) in [6.07, 6.45) is 0. The first-order valence-corrected chi connectivity index (χ1v) is 6.64. The highest BCUT2D eigenvalue weighted by Gasteiger charge is 2.05. The standard InChI is InChI=1S/C15H20N4O2/c1-16-13-8-14(19-15(18-13)10-21-3)17-12-6-4-5-11(7-12)9-20-2/h4-8H,9-10H2,1-3H3,(H2,16,17,18,19). The topological polar surface area (TPSA) is 68.3 Å². The molecule has 0 radical (unpaired) electrons. The zero-order valence-electron chi connectivity index (χ0n) is 12.5. The lowest BCUT2D eigenvalue weighted by molar-refractivity contribution is 0.178. The monoisotopic (exact) mass is 288 g/mol. The predicted molar refractivity (Wildman–Crippen MR) is 82.7 cm³/mol. The molecule has 6 nitrogen and oxygen atoms in total. The van der Waals surface area contributed by atoms with Crippen molar-refractivity contribution in [1.29, 1.82) is 0 Å². The van der Waals surface area contributed by atoms with Crippen molar-refractivity contribution >= 4 is 17.3 Å². The lowest BCUT2D eigenvalue weighted by Crippen LogP contribution is -2.04. The Hall–Kier alpha value is -2.18. The Morgan fingerprint density at radius 2 is 1.76 bits per heavy atom. The van der Waals surface area contributed by atoms with Crippen LogP contribution in [0.5, 0.6) is 0 Å². The van der Waals surface area contributed by atoms with Gasteiger partial charge in [-0.25, -0.2) is 9.97 Å². The maximum absolute atomic E-state index is 5.14. The molecule has 0 bridgehead atoms. The molecule has 0 fully saturated rings. The van der Waals surface area contributed by atoms with Gasteiger partial charge in [0.1, 0.15) is 18.2 Å². The molecule has 0 saturated heterocycles. The molecule has 1 aromatic heterocycles. The highest BCUT2D eigenvalue weighted by Crippen LogP contribution is 2.19. The third kappa shape index (κ3) is 4.40. The first kappa shape index (κ1) is 15.2. The molecule has 21 heavy (non-hydrogen) atoms. The third-order valence-corrected chi connectivity index (χ3v) is 2.81. The lowest BCUT2D eigenvalue weighted by Gasteiger charge is -2.10. The van der Waals surface area contributed by atoms with E-state index in [0.717, 1.165) is 22.9 Å². The number of methoxy groups -OCH3 is 2. The number of aromatic nitrogens is 2. The molecule has 0 unspecified atom stereocenters. The number of nitrogens with one attached hydrogen (secondary N) is 2. The van der Waals surface area contributed by atoms with Crippen molar-refractivity contribution in [3.05, 3.63) is 41.7 Å². The molecule has 2 aromatic rings. The van der Waals surface area contributed by atoms with Crippen LogP contribution in [-0.4, -0.2) is 31.2 Å². The minimum atomic E-state index is 0.369. The molecule has 2 N–H and O–H groups in total. The normalized spacial score (nSPS) is 10.4. The molecule has 1 aromatic carbocycles. The fourth-order valence-corrected chi connectivity index (χ4v) is 1.94. The van der Waals surface area contributed by atoms with E-state index in [-0.39, 0.29) is 0 Å². The summed E-state index contributed by atoms with van der Waals surface area (Å²) in [4.78, 5) is 8.75. The van der Waals surface area contributed by atoms with E-state index in [1.807, 2.05) is 37.4 Å². The molecule has 112 valence electrons. The van der Waals surface area contributed by atoms with E-state index < -0.39 is 0 Å². The maximum atomic E-state index is 5.14. The summed E-state index contributed by atoms with van der Waals surface area (Å²) in [5.74, 6) is 2.09. The van der Waals surface area contributed by atoms with Crippen LogP contribution in [0.2, 0.25) is 0 Å². The van der Waals surface area contributed by atoms with Crippen molar-refractivity contribution in [2.24, 2.45) is 0 Å². The van der Waals surface area contributed by atoms with Crippen LogP contribution in [0.1, 0.15) is 11.4 Å². The average Bonchev–Trinajstić information content (AvgIpc) is 2.48. The number of hydrogen-bond acceptors (Lipinski definition) is 6. The Labute approximate surface area is 124 Å². The molecule has 0 aliphatic rings. The molecule has 0 amide bonds. The van der Waals surface area contributed by atoms with E-state index in [0.29, 0.717) is 19.0 Å². The Kier molecular flexibility index (Phi) is 5.48. The first-order chi connectivity index (χ1) is 10.2. The van der Waals surface area contributed by atoms with Crippen molar-refractivity contribution in [3.8, 4) is 0 Å². The molecular formula is C15H20N4O2. The number of anilines is 3. The molecule has 1 heterocycles. The summed E-state index contributed by atoms with van der Waals surface area (Å²) < 4.78 is 10.2. The van der Waals surface area contributed by atoms with Gasteiger partial charge in [-0.15, -0.1) is 0 Å². The lowest BCUT2D eigenvalue weighted by atomic mass is 10.2. The van der Waals surface area contributed by atoms with Gasteiger partial charge >= 0.3 is 0 Å². The van der Waals surface area contributed by atoms with Crippen LogP contribution >= 0.6 is 0 Å². The van der Waals surface area contributed by atoms with Gasteiger partial charge in [-0.05, 0) is 17.7 Å². The number of rotatable bonds is 7. The van der Waals surface area contributed by atoms with E-state index in [1.165, 1.54) is 0 Å². The summed E-state index contributed by atoms with van der Waals surface area (Å²) in [7, 11) is 5.12. The number of ether oxygens (including phenoxy) is 2. The van der Waals surface area contributed by atoms with Gasteiger partial charge < -0.3 is 20.1 Å². The van der Waals surface area contributed by atoms with E-state index in [4.69, 9.17) is 9.47 Å². The zero-order chi connectivity index (χ0) is 15.1. The first-order valence-electron chi connectivity index (χ1n) is 6.64. The number of hydrogen-bond donors (Lipinski definition) is 2. The van der Waals surface area contributed by atoms with Crippen molar-refractivity contribution in [2.75, 3.05) is 31.9 Å². The van der Waals surface area contributed by atoms with E-state index in [9.17, 15) is 0 Å². The predicted octanol–water partition coefficient (Wildman–Crippen LogP) is 2.55. The zero-order valence-corrected chi connectivity index (χ0v) is 12.5. The van der Waals surface area contributed by atoms with Gasteiger partial charge in [0, 0.05) is 33.0 Å². The molecule has 2 rings (SSSR count). The Bertz CT molecular complexity index is 590. The van der Waals surface area contributed by atoms with Crippen LogP contribution in [0.4, 0.5) is 17.3 Å². The van der Waals surface area contributed by atoms with Crippen molar-refractivity contribution in [1.82, 2.24) is 9.97 Å². The van der Waals surface area contributed by atoms with Gasteiger partial charge in [-0.2, -0.15) is 0 Å². The molecule has 0 aliphatic carbocycles. The van der Waals surface area contributed by atoms with Gasteiger partial charge in [0.05, 0.1) is 6.61 Å². The smallest absolute Gasteiger partial charge is 0.158 e. The Morgan fingerprint density at radius 1 is 1.00 bits per heavy atom. The highest BCUT2D eigenvalue weighted by atomic mass is 16.5. The van der Waals surface area contributed by atoms with Crippen molar-refractivity contribution in [3.63, 3.8) is 0 Å². The van der Waals surface area contributed by atoms with Gasteiger partial charge in [0.2, 0.25) is 0 Å². The van der Waals surface area contributed by atoms with E-state index >= 15 is 0 Å². The van der Waals surface area contributed by atoms with Gasteiger partial charge in [0.15, 0.2) is 5.82 Å². The summed E-state index contributed by atoms with van der Waals surface area (Å²) in [5, 5.41) is 6.29. The summed E-state index contributed by atoms with van der Waals surface area (Å²) in [6.45, 7) is 0.948. The fourth-order valence-electron chi connectivity index (χ4n) is 1.94. The Morgan fingerprint density at radius 3 is 2.48 bits per heavy atom. The van der Waals surface area contributed by atoms with Gasteiger partial charge in [0.25, 0.3) is 0 Å². The van der Waals surface area contributed by atoms with Crippen LogP contribution in [-0.2, 0) is 22.7 Å².